The molecule has 10 nitrogen and oxygen atoms in total. The van der Waals surface area contributed by atoms with Gasteiger partial charge in [0.1, 0.15) is 17.1 Å². The third-order valence-corrected chi connectivity index (χ3v) is 6.41. The van der Waals surface area contributed by atoms with Gasteiger partial charge >= 0.3 is 0 Å². The molecular weight excluding hydrogens is 474 g/mol. The number of amides is 1. The van der Waals surface area contributed by atoms with Crippen molar-refractivity contribution in [3.63, 3.8) is 0 Å². The molecular formula is C27H27N5O5. The van der Waals surface area contributed by atoms with E-state index >= 15 is 0 Å². The van der Waals surface area contributed by atoms with Crippen molar-refractivity contribution < 1.29 is 19.1 Å². The predicted molar refractivity (Wildman–Crippen MR) is 139 cm³/mol. The topological polar surface area (TPSA) is 117 Å². The molecule has 190 valence electrons. The minimum Gasteiger partial charge on any atom is -0.497 e. The number of fused-ring (bicyclic) bond motifs is 2. The van der Waals surface area contributed by atoms with Crippen LogP contribution in [-0.2, 0) is 24.2 Å². The minimum absolute atomic E-state index is 0.0670. The van der Waals surface area contributed by atoms with Gasteiger partial charge in [-0.25, -0.2) is 10.5 Å². The van der Waals surface area contributed by atoms with E-state index in [9.17, 15) is 9.59 Å². The van der Waals surface area contributed by atoms with E-state index in [1.807, 2.05) is 18.2 Å². The Kier molecular flexibility index (Phi) is 6.74. The van der Waals surface area contributed by atoms with Crippen molar-refractivity contribution in [1.29, 1.82) is 0 Å². The Hall–Kier alpha value is -4.44. The fourth-order valence-electron chi connectivity index (χ4n) is 4.56. The number of hydrogen-bond donors (Lipinski definition) is 2. The van der Waals surface area contributed by atoms with Gasteiger partial charge in [-0.2, -0.15) is 4.98 Å². The molecule has 37 heavy (non-hydrogen) atoms. The first-order valence-electron chi connectivity index (χ1n) is 11.8. The van der Waals surface area contributed by atoms with E-state index in [1.165, 1.54) is 30.6 Å². The van der Waals surface area contributed by atoms with Crippen molar-refractivity contribution in [3.8, 4) is 17.2 Å². The summed E-state index contributed by atoms with van der Waals surface area (Å²) in [5.74, 6) is 1.03. The molecule has 4 aromatic rings. The highest BCUT2D eigenvalue weighted by molar-refractivity contribution is 5.96. The number of benzene rings is 2. The minimum atomic E-state index is -0.640. The molecule has 2 heterocycles. The maximum atomic E-state index is 13.2. The average molecular weight is 502 g/mol. The zero-order chi connectivity index (χ0) is 25.9. The normalized spacial score (nSPS) is 12.3. The fourth-order valence-corrected chi connectivity index (χ4v) is 4.56. The number of ether oxygens (including phenoxy) is 2. The van der Waals surface area contributed by atoms with Crippen LogP contribution in [0.1, 0.15) is 33.5 Å². The average Bonchev–Trinajstić information content (AvgIpc) is 3.40. The molecule has 0 atom stereocenters. The van der Waals surface area contributed by atoms with Crippen molar-refractivity contribution in [2.24, 2.45) is 0 Å². The molecule has 1 aliphatic rings. The summed E-state index contributed by atoms with van der Waals surface area (Å²) in [4.78, 5) is 39.5. The summed E-state index contributed by atoms with van der Waals surface area (Å²) in [6.45, 7) is 0.399. The van der Waals surface area contributed by atoms with Gasteiger partial charge in [-0.3, -0.25) is 14.4 Å². The number of hydrogen-bond acceptors (Lipinski definition) is 8. The summed E-state index contributed by atoms with van der Waals surface area (Å²) in [6.07, 6.45) is 6.08. The van der Waals surface area contributed by atoms with E-state index in [2.05, 4.69) is 32.9 Å². The molecule has 2 aromatic carbocycles. The van der Waals surface area contributed by atoms with E-state index in [0.717, 1.165) is 30.5 Å². The third-order valence-electron chi connectivity index (χ3n) is 6.41. The van der Waals surface area contributed by atoms with E-state index in [4.69, 9.17) is 14.3 Å². The molecule has 0 aliphatic heterocycles. The highest BCUT2D eigenvalue weighted by Crippen LogP contribution is 2.26. The third kappa shape index (κ3) is 4.83. The van der Waals surface area contributed by atoms with Crippen LogP contribution in [0.5, 0.6) is 11.5 Å². The Labute approximate surface area is 213 Å². The summed E-state index contributed by atoms with van der Waals surface area (Å²) < 4.78 is 12.4. The van der Waals surface area contributed by atoms with Crippen molar-refractivity contribution in [1.82, 2.24) is 20.0 Å². The SMILES string of the molecule is CONC(=O)c1cn(-c2ccc3c(c2)CCC3)c2nc(NCc3cc(OC)cc(OC)c3)ncc2c1=O. The number of nitrogens with one attached hydrogen (secondary N) is 2. The highest BCUT2D eigenvalue weighted by atomic mass is 16.6. The van der Waals surface area contributed by atoms with Crippen molar-refractivity contribution in [2.75, 3.05) is 26.6 Å². The highest BCUT2D eigenvalue weighted by Gasteiger charge is 2.19. The maximum absolute atomic E-state index is 13.2. The molecule has 0 saturated heterocycles. The smallest absolute Gasteiger partial charge is 0.280 e. The van der Waals surface area contributed by atoms with E-state index in [-0.39, 0.29) is 10.9 Å². The number of anilines is 1. The Bertz CT molecular complexity index is 1530. The molecule has 2 N–H and O–H groups in total. The van der Waals surface area contributed by atoms with Gasteiger partial charge < -0.3 is 19.4 Å². The summed E-state index contributed by atoms with van der Waals surface area (Å²) in [7, 11) is 4.51. The van der Waals surface area contributed by atoms with Crippen molar-refractivity contribution >= 4 is 22.9 Å². The van der Waals surface area contributed by atoms with E-state index < -0.39 is 11.3 Å². The lowest BCUT2D eigenvalue weighted by molar-refractivity contribution is 0.0536. The van der Waals surface area contributed by atoms with Crippen LogP contribution in [0.15, 0.2) is 53.6 Å². The number of methoxy groups -OCH3 is 2. The number of aromatic nitrogens is 3. The summed E-state index contributed by atoms with van der Waals surface area (Å²) in [5, 5.41) is 3.43. The largest absolute Gasteiger partial charge is 0.497 e. The molecule has 10 heteroatoms. The van der Waals surface area contributed by atoms with Gasteiger partial charge in [0.15, 0.2) is 5.65 Å². The first kappa shape index (κ1) is 24.3. The summed E-state index contributed by atoms with van der Waals surface area (Å²) >= 11 is 0. The number of aryl methyl sites for hydroxylation is 2. The Morgan fingerprint density at radius 1 is 1.03 bits per heavy atom. The number of nitrogens with zero attached hydrogens (tertiary/aromatic N) is 3. The Balaban J connectivity index is 1.58. The van der Waals surface area contributed by atoms with E-state index in [0.29, 0.717) is 29.6 Å². The lowest BCUT2D eigenvalue weighted by atomic mass is 10.1. The molecule has 0 bridgehead atoms. The number of rotatable bonds is 8. The molecule has 0 radical (unpaired) electrons. The molecule has 2 aromatic heterocycles. The lowest BCUT2D eigenvalue weighted by Gasteiger charge is -2.15. The molecule has 0 unspecified atom stereocenters. The van der Waals surface area contributed by atoms with Gasteiger partial charge in [-0.05, 0) is 60.2 Å². The molecule has 0 spiro atoms. The lowest BCUT2D eigenvalue weighted by Crippen LogP contribution is -2.29. The van der Waals surface area contributed by atoms with Crippen LogP contribution in [-0.4, -0.2) is 41.8 Å². The number of hydroxylamine groups is 1. The Morgan fingerprint density at radius 2 is 1.78 bits per heavy atom. The molecule has 5 rings (SSSR count). The van der Waals surface area contributed by atoms with Gasteiger partial charge in [0.2, 0.25) is 11.4 Å². The first-order valence-corrected chi connectivity index (χ1v) is 11.8. The van der Waals surface area contributed by atoms with Crippen LogP contribution in [0.3, 0.4) is 0 Å². The predicted octanol–water partition coefficient (Wildman–Crippen LogP) is 3.19. The standard InChI is InChI=1S/C27H27N5O5/c1-35-20-9-16(10-21(12-20)36-2)13-28-27-29-14-22-24(33)23(26(34)31-37-3)15-32(25(22)30-27)19-8-7-17-5-4-6-18(17)11-19/h7-12,14-15H,4-6,13H2,1-3H3,(H,31,34)(H,28,29,30). The van der Waals surface area contributed by atoms with E-state index in [1.54, 1.807) is 24.9 Å². The number of carbonyl (C=O) groups is 1. The van der Waals surface area contributed by atoms with Gasteiger partial charge in [0.05, 0.1) is 26.7 Å². The maximum Gasteiger partial charge on any atom is 0.280 e. The molecule has 1 amide bonds. The number of pyridine rings is 1. The second kappa shape index (κ2) is 10.3. The summed E-state index contributed by atoms with van der Waals surface area (Å²) in [5.41, 5.74) is 6.35. The Morgan fingerprint density at radius 3 is 2.51 bits per heavy atom. The van der Waals surface area contributed by atoms with Crippen LogP contribution in [0.4, 0.5) is 5.95 Å². The van der Waals surface area contributed by atoms with Crippen LogP contribution >= 0.6 is 0 Å². The second-order valence-electron chi connectivity index (χ2n) is 8.69. The van der Waals surface area contributed by atoms with Crippen LogP contribution in [0.25, 0.3) is 16.7 Å². The van der Waals surface area contributed by atoms with Crippen LogP contribution in [0, 0.1) is 0 Å². The van der Waals surface area contributed by atoms with Gasteiger partial charge in [-0.15, -0.1) is 0 Å². The van der Waals surface area contributed by atoms with Gasteiger partial charge in [0.25, 0.3) is 5.91 Å². The quantitative estimate of drug-likeness (QED) is 0.354. The number of carbonyl (C=O) groups excluding carboxylic acids is 1. The molecule has 0 saturated carbocycles. The zero-order valence-electron chi connectivity index (χ0n) is 20.8. The van der Waals surface area contributed by atoms with Gasteiger partial charge in [-0.1, -0.05) is 6.07 Å². The first-order chi connectivity index (χ1) is 18.0. The second-order valence-corrected chi connectivity index (χ2v) is 8.69. The summed E-state index contributed by atoms with van der Waals surface area (Å²) in [6, 6.07) is 11.7. The van der Waals surface area contributed by atoms with Crippen LogP contribution < -0.4 is 25.7 Å². The fraction of sp³-hybridized carbons (Fsp3) is 0.259. The van der Waals surface area contributed by atoms with Crippen molar-refractivity contribution in [2.45, 2.75) is 25.8 Å². The van der Waals surface area contributed by atoms with Crippen LogP contribution in [0.2, 0.25) is 0 Å². The van der Waals surface area contributed by atoms with Crippen molar-refractivity contribution in [3.05, 3.63) is 81.3 Å². The molecule has 1 aliphatic carbocycles. The zero-order valence-corrected chi connectivity index (χ0v) is 20.8. The monoisotopic (exact) mass is 501 g/mol. The molecule has 0 fully saturated rings. The van der Waals surface area contributed by atoms with Gasteiger partial charge in [0, 0.05) is 30.7 Å².